The van der Waals surface area contributed by atoms with Crippen molar-refractivity contribution in [3.63, 3.8) is 0 Å². The molecule has 3 nitrogen and oxygen atoms in total. The lowest BCUT2D eigenvalue weighted by Crippen LogP contribution is -2.23. The van der Waals surface area contributed by atoms with E-state index in [1.807, 2.05) is 32.0 Å². The Hall–Kier alpha value is -1.35. The summed E-state index contributed by atoms with van der Waals surface area (Å²) in [5.41, 5.74) is 9.02. The first-order chi connectivity index (χ1) is 8.08. The summed E-state index contributed by atoms with van der Waals surface area (Å²) < 4.78 is 0. The van der Waals surface area contributed by atoms with Gasteiger partial charge in [0, 0.05) is 17.6 Å². The van der Waals surface area contributed by atoms with Crippen LogP contribution in [0.15, 0.2) is 18.2 Å². The number of nitrogens with one attached hydrogen (secondary N) is 1. The number of anilines is 1. The topological polar surface area (TPSA) is 55.1 Å². The fourth-order valence-corrected chi connectivity index (χ4v) is 2.49. The molecule has 2 rings (SSSR count). The fourth-order valence-electron chi connectivity index (χ4n) is 2.49. The smallest absolute Gasteiger partial charge is 0.227 e. The molecule has 0 spiro atoms. The van der Waals surface area contributed by atoms with Crippen LogP contribution in [0.2, 0.25) is 0 Å². The zero-order valence-corrected chi connectivity index (χ0v) is 10.5. The number of aryl methyl sites for hydroxylation is 2. The van der Waals surface area contributed by atoms with Crippen LogP contribution in [0.1, 0.15) is 30.4 Å². The molecule has 0 saturated heterocycles. The van der Waals surface area contributed by atoms with Crippen LogP contribution in [-0.2, 0) is 4.79 Å². The number of carbonyl (C=O) groups excluding carboxylic acids is 1. The van der Waals surface area contributed by atoms with Crippen molar-refractivity contribution in [2.75, 3.05) is 5.32 Å². The van der Waals surface area contributed by atoms with Crippen LogP contribution in [0.4, 0.5) is 5.69 Å². The predicted octanol–water partition coefficient (Wildman–Crippen LogP) is 2.37. The second-order valence-electron chi connectivity index (χ2n) is 5.03. The summed E-state index contributed by atoms with van der Waals surface area (Å²) >= 11 is 0. The first-order valence-corrected chi connectivity index (χ1v) is 6.20. The molecule has 1 saturated carbocycles. The Morgan fingerprint density at radius 3 is 2.47 bits per heavy atom. The average molecular weight is 232 g/mol. The minimum atomic E-state index is 0.0870. The van der Waals surface area contributed by atoms with Gasteiger partial charge in [-0.2, -0.15) is 0 Å². The quantitative estimate of drug-likeness (QED) is 0.822. The molecule has 1 aliphatic rings. The Balaban J connectivity index is 2.08. The molecule has 3 heteroatoms. The van der Waals surface area contributed by atoms with Crippen LogP contribution in [0, 0.1) is 19.8 Å². The Labute approximate surface area is 102 Å². The summed E-state index contributed by atoms with van der Waals surface area (Å²) in [5.74, 6) is 0.208. The van der Waals surface area contributed by atoms with Gasteiger partial charge in [-0.3, -0.25) is 4.79 Å². The van der Waals surface area contributed by atoms with Crippen LogP contribution < -0.4 is 11.1 Å². The van der Waals surface area contributed by atoms with Gasteiger partial charge in [-0.25, -0.2) is 0 Å². The molecule has 0 heterocycles. The maximum Gasteiger partial charge on any atom is 0.227 e. The highest BCUT2D eigenvalue weighted by molar-refractivity contribution is 5.94. The molecule has 17 heavy (non-hydrogen) atoms. The standard InChI is InChI=1S/C14H20N2O/c1-9-4-3-5-10(2)13(9)16-14(17)11-6-7-12(15)8-11/h3-5,11-12H,6-8,15H2,1-2H3,(H,16,17). The number of amides is 1. The third-order valence-electron chi connectivity index (χ3n) is 3.57. The van der Waals surface area contributed by atoms with Gasteiger partial charge < -0.3 is 11.1 Å². The first kappa shape index (κ1) is 12.1. The van der Waals surface area contributed by atoms with E-state index in [0.29, 0.717) is 0 Å². The minimum Gasteiger partial charge on any atom is -0.328 e. The second-order valence-corrected chi connectivity index (χ2v) is 5.03. The first-order valence-electron chi connectivity index (χ1n) is 6.20. The van der Waals surface area contributed by atoms with Gasteiger partial charge in [-0.1, -0.05) is 18.2 Å². The maximum atomic E-state index is 12.1. The molecule has 1 fully saturated rings. The highest BCUT2D eigenvalue weighted by Gasteiger charge is 2.28. The molecule has 1 aromatic carbocycles. The van der Waals surface area contributed by atoms with E-state index >= 15 is 0 Å². The van der Waals surface area contributed by atoms with E-state index in [-0.39, 0.29) is 17.9 Å². The van der Waals surface area contributed by atoms with Crippen LogP contribution in [0.25, 0.3) is 0 Å². The van der Waals surface area contributed by atoms with Crippen LogP contribution >= 0.6 is 0 Å². The summed E-state index contributed by atoms with van der Waals surface area (Å²) in [6.07, 6.45) is 2.69. The minimum absolute atomic E-state index is 0.0870. The molecule has 3 N–H and O–H groups in total. The van der Waals surface area contributed by atoms with Gasteiger partial charge in [0.15, 0.2) is 0 Å². The van der Waals surface area contributed by atoms with Crippen molar-refractivity contribution in [1.29, 1.82) is 0 Å². The van der Waals surface area contributed by atoms with Gasteiger partial charge in [-0.05, 0) is 44.2 Å². The highest BCUT2D eigenvalue weighted by atomic mass is 16.1. The fraction of sp³-hybridized carbons (Fsp3) is 0.500. The zero-order chi connectivity index (χ0) is 12.4. The van der Waals surface area contributed by atoms with Crippen LogP contribution in [-0.4, -0.2) is 11.9 Å². The van der Waals surface area contributed by atoms with Crippen molar-refractivity contribution < 1.29 is 4.79 Å². The Bertz CT molecular complexity index is 408. The molecule has 0 aliphatic heterocycles. The number of carbonyl (C=O) groups is 1. The lowest BCUT2D eigenvalue weighted by molar-refractivity contribution is -0.119. The van der Waals surface area contributed by atoms with Crippen molar-refractivity contribution in [2.24, 2.45) is 11.7 Å². The van der Waals surface area contributed by atoms with E-state index < -0.39 is 0 Å². The van der Waals surface area contributed by atoms with E-state index in [2.05, 4.69) is 5.32 Å². The van der Waals surface area contributed by atoms with Crippen molar-refractivity contribution >= 4 is 11.6 Å². The Kier molecular flexibility index (Phi) is 3.48. The van der Waals surface area contributed by atoms with Gasteiger partial charge in [0.2, 0.25) is 5.91 Å². The molecule has 1 amide bonds. The summed E-state index contributed by atoms with van der Waals surface area (Å²) in [7, 11) is 0. The molecule has 92 valence electrons. The molecule has 1 aliphatic carbocycles. The molecule has 0 radical (unpaired) electrons. The van der Waals surface area contributed by atoms with E-state index in [1.165, 1.54) is 0 Å². The lowest BCUT2D eigenvalue weighted by atomic mass is 10.0. The zero-order valence-electron chi connectivity index (χ0n) is 10.5. The monoisotopic (exact) mass is 232 g/mol. The summed E-state index contributed by atoms with van der Waals surface area (Å²) in [4.78, 5) is 12.1. The number of para-hydroxylation sites is 1. The SMILES string of the molecule is Cc1cccc(C)c1NC(=O)C1CCC(N)C1. The number of hydrogen-bond donors (Lipinski definition) is 2. The van der Waals surface area contributed by atoms with Crippen molar-refractivity contribution in [3.8, 4) is 0 Å². The van der Waals surface area contributed by atoms with E-state index in [4.69, 9.17) is 5.73 Å². The molecule has 0 bridgehead atoms. The van der Waals surface area contributed by atoms with E-state index in [9.17, 15) is 4.79 Å². The molecular weight excluding hydrogens is 212 g/mol. The number of rotatable bonds is 2. The van der Waals surface area contributed by atoms with E-state index in [0.717, 1.165) is 36.1 Å². The normalized spacial score (nSPS) is 23.7. The van der Waals surface area contributed by atoms with Gasteiger partial charge in [0.05, 0.1) is 0 Å². The molecule has 0 aromatic heterocycles. The largest absolute Gasteiger partial charge is 0.328 e. The van der Waals surface area contributed by atoms with Crippen molar-refractivity contribution in [2.45, 2.75) is 39.2 Å². The van der Waals surface area contributed by atoms with Crippen LogP contribution in [0.5, 0.6) is 0 Å². The Morgan fingerprint density at radius 1 is 1.29 bits per heavy atom. The van der Waals surface area contributed by atoms with Gasteiger partial charge in [-0.15, -0.1) is 0 Å². The summed E-state index contributed by atoms with van der Waals surface area (Å²) in [5, 5.41) is 3.05. The predicted molar refractivity (Wildman–Crippen MR) is 69.9 cm³/mol. The molecule has 2 unspecified atom stereocenters. The second kappa shape index (κ2) is 4.88. The van der Waals surface area contributed by atoms with Crippen molar-refractivity contribution in [3.05, 3.63) is 29.3 Å². The van der Waals surface area contributed by atoms with Gasteiger partial charge in [0.1, 0.15) is 0 Å². The Morgan fingerprint density at radius 2 is 1.94 bits per heavy atom. The van der Waals surface area contributed by atoms with E-state index in [1.54, 1.807) is 0 Å². The lowest BCUT2D eigenvalue weighted by Gasteiger charge is -2.14. The highest BCUT2D eigenvalue weighted by Crippen LogP contribution is 2.27. The number of benzene rings is 1. The van der Waals surface area contributed by atoms with Crippen molar-refractivity contribution in [1.82, 2.24) is 0 Å². The summed E-state index contributed by atoms with van der Waals surface area (Å²) in [6.45, 7) is 4.03. The third kappa shape index (κ3) is 2.67. The van der Waals surface area contributed by atoms with Gasteiger partial charge in [0.25, 0.3) is 0 Å². The van der Waals surface area contributed by atoms with Crippen LogP contribution in [0.3, 0.4) is 0 Å². The maximum absolute atomic E-state index is 12.1. The molecular formula is C14H20N2O. The van der Waals surface area contributed by atoms with Gasteiger partial charge >= 0.3 is 0 Å². The average Bonchev–Trinajstić information content (AvgIpc) is 2.70. The number of nitrogens with two attached hydrogens (primary N) is 1. The summed E-state index contributed by atoms with van der Waals surface area (Å²) in [6, 6.07) is 6.24. The molecule has 2 atom stereocenters. The number of hydrogen-bond acceptors (Lipinski definition) is 2. The molecule has 1 aromatic rings. The third-order valence-corrected chi connectivity index (χ3v) is 3.57.